The summed E-state index contributed by atoms with van der Waals surface area (Å²) in [7, 11) is 0. The van der Waals surface area contributed by atoms with Gasteiger partial charge in [0.1, 0.15) is 0 Å². The standard InChI is InChI=1S/C8H10N4/c1-4-5(9)2-3-6-7(4)12-8(10)11-6/h2-3H,9H2,1H3,(H3,10,11,12). The van der Waals surface area contributed by atoms with Crippen molar-refractivity contribution in [2.45, 2.75) is 6.92 Å². The van der Waals surface area contributed by atoms with Gasteiger partial charge in [0, 0.05) is 5.69 Å². The van der Waals surface area contributed by atoms with Gasteiger partial charge in [-0.1, -0.05) is 0 Å². The summed E-state index contributed by atoms with van der Waals surface area (Å²) in [6.45, 7) is 1.93. The SMILES string of the molecule is Cc1c(N)ccc2[nH]c(N)nc12. The first-order chi connectivity index (χ1) is 5.68. The van der Waals surface area contributed by atoms with E-state index in [0.29, 0.717) is 5.95 Å². The van der Waals surface area contributed by atoms with E-state index in [1.807, 2.05) is 19.1 Å². The smallest absolute Gasteiger partial charge is 0.198 e. The fourth-order valence-corrected chi connectivity index (χ4v) is 1.25. The monoisotopic (exact) mass is 162 g/mol. The number of benzene rings is 1. The Kier molecular flexibility index (Phi) is 1.24. The van der Waals surface area contributed by atoms with Crippen LogP contribution < -0.4 is 11.5 Å². The highest BCUT2D eigenvalue weighted by Gasteiger charge is 2.04. The van der Waals surface area contributed by atoms with Crippen molar-refractivity contribution in [3.05, 3.63) is 17.7 Å². The molecule has 0 amide bonds. The van der Waals surface area contributed by atoms with Gasteiger partial charge in [-0.2, -0.15) is 0 Å². The second-order valence-electron chi connectivity index (χ2n) is 2.80. The molecule has 0 saturated heterocycles. The molecule has 0 aliphatic carbocycles. The first-order valence-electron chi connectivity index (χ1n) is 3.69. The van der Waals surface area contributed by atoms with Crippen molar-refractivity contribution in [2.75, 3.05) is 11.5 Å². The number of rotatable bonds is 0. The summed E-state index contributed by atoms with van der Waals surface area (Å²) in [6, 6.07) is 3.72. The van der Waals surface area contributed by atoms with Crippen LogP contribution in [0, 0.1) is 6.92 Å². The van der Waals surface area contributed by atoms with Gasteiger partial charge in [-0.3, -0.25) is 0 Å². The summed E-state index contributed by atoms with van der Waals surface area (Å²) in [5, 5.41) is 0. The van der Waals surface area contributed by atoms with Crippen LogP contribution in [0.25, 0.3) is 11.0 Å². The van der Waals surface area contributed by atoms with Crippen molar-refractivity contribution < 1.29 is 0 Å². The van der Waals surface area contributed by atoms with Gasteiger partial charge in [0.05, 0.1) is 11.0 Å². The molecule has 4 nitrogen and oxygen atoms in total. The van der Waals surface area contributed by atoms with Crippen LogP contribution in [0.2, 0.25) is 0 Å². The Morgan fingerprint density at radius 1 is 1.33 bits per heavy atom. The van der Waals surface area contributed by atoms with Gasteiger partial charge in [0.2, 0.25) is 0 Å². The molecule has 1 aromatic carbocycles. The van der Waals surface area contributed by atoms with Gasteiger partial charge in [-0.25, -0.2) is 4.98 Å². The molecule has 0 saturated carbocycles. The predicted octanol–water partition coefficient (Wildman–Crippen LogP) is 1.04. The Balaban J connectivity index is 2.89. The minimum Gasteiger partial charge on any atom is -0.398 e. The Morgan fingerprint density at radius 3 is 2.83 bits per heavy atom. The van der Waals surface area contributed by atoms with Gasteiger partial charge < -0.3 is 16.5 Å². The normalized spacial score (nSPS) is 10.8. The minimum atomic E-state index is 0.429. The number of nitrogens with one attached hydrogen (secondary N) is 1. The highest BCUT2D eigenvalue weighted by molar-refractivity contribution is 5.84. The Labute approximate surface area is 69.6 Å². The Morgan fingerprint density at radius 2 is 2.08 bits per heavy atom. The minimum absolute atomic E-state index is 0.429. The van der Waals surface area contributed by atoms with E-state index in [4.69, 9.17) is 11.5 Å². The third-order valence-corrected chi connectivity index (χ3v) is 1.97. The van der Waals surface area contributed by atoms with Gasteiger partial charge in [0.15, 0.2) is 5.95 Å². The maximum Gasteiger partial charge on any atom is 0.198 e. The average molecular weight is 162 g/mol. The number of hydrogen-bond donors (Lipinski definition) is 3. The van der Waals surface area contributed by atoms with E-state index in [2.05, 4.69) is 9.97 Å². The van der Waals surface area contributed by atoms with Gasteiger partial charge in [0.25, 0.3) is 0 Å². The van der Waals surface area contributed by atoms with Crippen molar-refractivity contribution in [3.63, 3.8) is 0 Å². The second kappa shape index (κ2) is 2.14. The molecule has 0 fully saturated rings. The number of nitrogens with zero attached hydrogens (tertiary/aromatic N) is 1. The third kappa shape index (κ3) is 0.812. The van der Waals surface area contributed by atoms with Crippen LogP contribution >= 0.6 is 0 Å². The summed E-state index contributed by atoms with van der Waals surface area (Å²) in [4.78, 5) is 7.05. The molecule has 4 heteroatoms. The molecule has 0 atom stereocenters. The molecule has 1 heterocycles. The second-order valence-corrected chi connectivity index (χ2v) is 2.80. The number of nitrogens with two attached hydrogens (primary N) is 2. The van der Waals surface area contributed by atoms with Crippen LogP contribution in [0.1, 0.15) is 5.56 Å². The zero-order valence-corrected chi connectivity index (χ0v) is 6.76. The van der Waals surface area contributed by atoms with Crippen molar-refractivity contribution in [3.8, 4) is 0 Å². The number of aromatic nitrogens is 2. The van der Waals surface area contributed by atoms with Crippen LogP contribution in [0.5, 0.6) is 0 Å². The first-order valence-corrected chi connectivity index (χ1v) is 3.69. The van der Waals surface area contributed by atoms with Crippen LogP contribution in [-0.4, -0.2) is 9.97 Å². The molecule has 12 heavy (non-hydrogen) atoms. The summed E-state index contributed by atoms with van der Waals surface area (Å²) >= 11 is 0. The molecule has 2 aromatic rings. The van der Waals surface area contributed by atoms with E-state index < -0.39 is 0 Å². The van der Waals surface area contributed by atoms with Crippen molar-refractivity contribution in [1.29, 1.82) is 0 Å². The lowest BCUT2D eigenvalue weighted by molar-refractivity contribution is 1.35. The quantitative estimate of drug-likeness (QED) is 0.506. The number of imidazole rings is 1. The van der Waals surface area contributed by atoms with Crippen LogP contribution in [0.15, 0.2) is 12.1 Å². The highest BCUT2D eigenvalue weighted by atomic mass is 15.0. The first kappa shape index (κ1) is 6.97. The summed E-state index contributed by atoms with van der Waals surface area (Å²) in [5.74, 6) is 0.429. The number of nitrogen functional groups attached to an aromatic ring is 2. The van der Waals surface area contributed by atoms with Crippen LogP contribution in [0.4, 0.5) is 11.6 Å². The fraction of sp³-hybridized carbons (Fsp3) is 0.125. The van der Waals surface area contributed by atoms with Gasteiger partial charge in [-0.05, 0) is 24.6 Å². The lowest BCUT2D eigenvalue weighted by Gasteiger charge is -1.97. The number of aryl methyl sites for hydroxylation is 1. The van der Waals surface area contributed by atoms with E-state index in [1.54, 1.807) is 0 Å². The van der Waals surface area contributed by atoms with Crippen molar-refractivity contribution in [2.24, 2.45) is 0 Å². The predicted molar refractivity (Wildman–Crippen MR) is 49.7 cm³/mol. The molecular weight excluding hydrogens is 152 g/mol. The number of H-pyrrole nitrogens is 1. The fourth-order valence-electron chi connectivity index (χ4n) is 1.25. The van der Waals surface area contributed by atoms with Crippen molar-refractivity contribution >= 4 is 22.7 Å². The van der Waals surface area contributed by atoms with E-state index in [1.165, 1.54) is 0 Å². The molecule has 0 unspecified atom stereocenters. The maximum absolute atomic E-state index is 5.70. The molecule has 0 radical (unpaired) electrons. The molecule has 1 aromatic heterocycles. The lowest BCUT2D eigenvalue weighted by Crippen LogP contribution is -1.89. The van der Waals surface area contributed by atoms with Gasteiger partial charge in [-0.15, -0.1) is 0 Å². The Bertz CT molecular complexity index is 430. The number of hydrogen-bond acceptors (Lipinski definition) is 3. The average Bonchev–Trinajstić information content (AvgIpc) is 2.39. The van der Waals surface area contributed by atoms with E-state index in [9.17, 15) is 0 Å². The molecule has 2 rings (SSSR count). The van der Waals surface area contributed by atoms with E-state index in [0.717, 1.165) is 22.3 Å². The van der Waals surface area contributed by atoms with Crippen LogP contribution in [0.3, 0.4) is 0 Å². The summed E-state index contributed by atoms with van der Waals surface area (Å²) in [6.07, 6.45) is 0. The Hall–Kier alpha value is -1.71. The third-order valence-electron chi connectivity index (χ3n) is 1.97. The molecule has 5 N–H and O–H groups in total. The van der Waals surface area contributed by atoms with E-state index in [-0.39, 0.29) is 0 Å². The van der Waals surface area contributed by atoms with E-state index >= 15 is 0 Å². The molecule has 0 aliphatic rings. The summed E-state index contributed by atoms with van der Waals surface area (Å²) < 4.78 is 0. The number of fused-ring (bicyclic) bond motifs is 1. The summed E-state index contributed by atoms with van der Waals surface area (Å²) in [5.41, 5.74) is 14.7. The van der Waals surface area contributed by atoms with Crippen LogP contribution in [-0.2, 0) is 0 Å². The topological polar surface area (TPSA) is 80.7 Å². The lowest BCUT2D eigenvalue weighted by atomic mass is 10.2. The molecule has 0 bridgehead atoms. The maximum atomic E-state index is 5.70. The van der Waals surface area contributed by atoms with Crippen molar-refractivity contribution in [1.82, 2.24) is 9.97 Å². The zero-order chi connectivity index (χ0) is 8.72. The zero-order valence-electron chi connectivity index (χ0n) is 6.76. The largest absolute Gasteiger partial charge is 0.398 e. The molecule has 0 spiro atoms. The molecular formula is C8H10N4. The highest BCUT2D eigenvalue weighted by Crippen LogP contribution is 2.21. The molecule has 0 aliphatic heterocycles. The number of anilines is 2. The van der Waals surface area contributed by atoms with Gasteiger partial charge >= 0.3 is 0 Å². The number of aromatic amines is 1. The molecule has 62 valence electrons.